The second kappa shape index (κ2) is 9.58. The Bertz CT molecular complexity index is 1380. The van der Waals surface area contributed by atoms with Gasteiger partial charge in [0, 0.05) is 44.0 Å². The molecule has 3 fully saturated rings. The van der Waals surface area contributed by atoms with Gasteiger partial charge in [-0.05, 0) is 43.9 Å². The smallest absolute Gasteiger partial charge is 0.407 e. The molecule has 2 saturated heterocycles. The molecule has 5 heterocycles. The number of carbonyl (C=O) groups is 3. The average molecular weight is 519 g/mol. The molecule has 2 bridgehead atoms. The molecule has 3 amide bonds. The van der Waals surface area contributed by atoms with E-state index in [9.17, 15) is 19.5 Å². The molecule has 1 saturated carbocycles. The third-order valence-corrected chi connectivity index (χ3v) is 7.97. The van der Waals surface area contributed by atoms with Crippen LogP contribution in [0.15, 0.2) is 30.6 Å². The van der Waals surface area contributed by atoms with E-state index in [4.69, 9.17) is 4.98 Å². The van der Waals surface area contributed by atoms with Crippen molar-refractivity contribution in [3.63, 3.8) is 0 Å². The predicted molar refractivity (Wildman–Crippen MR) is 139 cm³/mol. The second-order valence-electron chi connectivity index (χ2n) is 10.2. The SMILES string of the molecule is CNC(=O)c1cc2cnc(Nc3ccc(C(=O)N4CC5CCC(C4)N5C(=O)O)cn3)nc2n1C1CCCC1. The van der Waals surface area contributed by atoms with Gasteiger partial charge in [0.05, 0.1) is 17.6 Å². The fraction of sp³-hybridized carbons (Fsp3) is 0.462. The van der Waals surface area contributed by atoms with Crippen LogP contribution in [0.25, 0.3) is 11.0 Å². The number of aromatic nitrogens is 4. The van der Waals surface area contributed by atoms with Crippen molar-refractivity contribution >= 4 is 40.7 Å². The highest BCUT2D eigenvalue weighted by Crippen LogP contribution is 2.35. The van der Waals surface area contributed by atoms with Crippen LogP contribution in [-0.2, 0) is 0 Å². The van der Waals surface area contributed by atoms with E-state index in [2.05, 4.69) is 20.6 Å². The Morgan fingerprint density at radius 2 is 1.71 bits per heavy atom. The van der Waals surface area contributed by atoms with E-state index in [0.717, 1.165) is 43.9 Å². The van der Waals surface area contributed by atoms with E-state index in [1.807, 2.05) is 10.6 Å². The van der Waals surface area contributed by atoms with Gasteiger partial charge in [0.15, 0.2) is 0 Å². The molecule has 38 heavy (non-hydrogen) atoms. The molecular formula is C26H30N8O4. The molecule has 3 N–H and O–H groups in total. The normalized spacial score (nSPS) is 21.2. The number of nitrogens with zero attached hydrogens (tertiary/aromatic N) is 6. The summed E-state index contributed by atoms with van der Waals surface area (Å²) in [6.45, 7) is 0.794. The summed E-state index contributed by atoms with van der Waals surface area (Å²) < 4.78 is 2.03. The summed E-state index contributed by atoms with van der Waals surface area (Å²) in [5.41, 5.74) is 1.73. The lowest BCUT2D eigenvalue weighted by atomic mass is 10.1. The van der Waals surface area contributed by atoms with Crippen molar-refractivity contribution in [2.24, 2.45) is 0 Å². The van der Waals surface area contributed by atoms with Crippen LogP contribution in [-0.4, -0.2) is 84.6 Å². The zero-order chi connectivity index (χ0) is 26.4. The lowest BCUT2D eigenvalue weighted by Crippen LogP contribution is -2.56. The molecule has 3 aliphatic rings. The lowest BCUT2D eigenvalue weighted by Gasteiger charge is -2.39. The fourth-order valence-electron chi connectivity index (χ4n) is 6.18. The molecule has 198 valence electrons. The van der Waals surface area contributed by atoms with Crippen LogP contribution >= 0.6 is 0 Å². The molecule has 0 spiro atoms. The Kier molecular flexibility index (Phi) is 6.09. The van der Waals surface area contributed by atoms with E-state index in [0.29, 0.717) is 41.8 Å². The largest absolute Gasteiger partial charge is 0.465 e. The van der Waals surface area contributed by atoms with Crippen LogP contribution < -0.4 is 10.6 Å². The number of piperazine rings is 1. The van der Waals surface area contributed by atoms with Gasteiger partial charge in [-0.1, -0.05) is 12.8 Å². The summed E-state index contributed by atoms with van der Waals surface area (Å²) in [6.07, 6.45) is 8.11. The minimum Gasteiger partial charge on any atom is -0.465 e. The monoisotopic (exact) mass is 518 g/mol. The molecular weight excluding hydrogens is 488 g/mol. The number of pyridine rings is 1. The molecule has 3 aromatic rings. The Balaban J connectivity index is 1.19. The predicted octanol–water partition coefficient (Wildman–Crippen LogP) is 3.01. The first-order valence-electron chi connectivity index (χ1n) is 13.1. The number of hydrogen-bond acceptors (Lipinski definition) is 7. The Hall–Kier alpha value is -4.22. The van der Waals surface area contributed by atoms with E-state index < -0.39 is 6.09 Å². The van der Waals surface area contributed by atoms with Gasteiger partial charge in [0.1, 0.15) is 17.2 Å². The zero-order valence-corrected chi connectivity index (χ0v) is 21.1. The highest BCUT2D eigenvalue weighted by molar-refractivity contribution is 5.98. The molecule has 6 rings (SSSR count). The van der Waals surface area contributed by atoms with Crippen molar-refractivity contribution in [1.82, 2.24) is 34.6 Å². The Labute approximate surface area is 219 Å². The minimum absolute atomic E-state index is 0.149. The maximum absolute atomic E-state index is 13.1. The van der Waals surface area contributed by atoms with Crippen LogP contribution in [0, 0.1) is 0 Å². The van der Waals surface area contributed by atoms with Gasteiger partial charge in [-0.3, -0.25) is 14.5 Å². The summed E-state index contributed by atoms with van der Waals surface area (Å²) in [7, 11) is 1.62. The van der Waals surface area contributed by atoms with E-state index in [-0.39, 0.29) is 29.9 Å². The maximum atomic E-state index is 13.1. The molecule has 2 aliphatic heterocycles. The molecule has 2 atom stereocenters. The van der Waals surface area contributed by atoms with Crippen molar-refractivity contribution in [3.05, 3.63) is 41.9 Å². The van der Waals surface area contributed by atoms with E-state index in [1.54, 1.807) is 30.3 Å². The Morgan fingerprint density at radius 1 is 0.974 bits per heavy atom. The molecule has 12 nitrogen and oxygen atoms in total. The van der Waals surface area contributed by atoms with Crippen LogP contribution in [0.1, 0.15) is 65.4 Å². The maximum Gasteiger partial charge on any atom is 0.407 e. The summed E-state index contributed by atoms with van der Waals surface area (Å²) in [5.74, 6) is 0.539. The minimum atomic E-state index is -0.914. The van der Waals surface area contributed by atoms with Crippen molar-refractivity contribution in [3.8, 4) is 0 Å². The number of nitrogens with one attached hydrogen (secondary N) is 2. The van der Waals surface area contributed by atoms with Crippen molar-refractivity contribution in [2.45, 2.75) is 56.7 Å². The van der Waals surface area contributed by atoms with Gasteiger partial charge in [-0.25, -0.2) is 14.8 Å². The summed E-state index contributed by atoms with van der Waals surface area (Å²) in [4.78, 5) is 53.9. The number of rotatable bonds is 5. The molecule has 0 radical (unpaired) electrons. The van der Waals surface area contributed by atoms with Gasteiger partial charge < -0.3 is 25.2 Å². The van der Waals surface area contributed by atoms with E-state index >= 15 is 0 Å². The molecule has 12 heteroatoms. The van der Waals surface area contributed by atoms with Gasteiger partial charge in [0.2, 0.25) is 5.95 Å². The number of hydrogen-bond donors (Lipinski definition) is 3. The van der Waals surface area contributed by atoms with Gasteiger partial charge in [-0.15, -0.1) is 0 Å². The van der Waals surface area contributed by atoms with Crippen LogP contribution in [0.3, 0.4) is 0 Å². The number of likely N-dealkylation sites (tertiary alicyclic amines) is 1. The number of carbonyl (C=O) groups excluding carboxylic acids is 2. The number of anilines is 2. The fourth-order valence-corrected chi connectivity index (χ4v) is 6.18. The highest BCUT2D eigenvalue weighted by Gasteiger charge is 2.44. The molecule has 2 unspecified atom stereocenters. The quantitative estimate of drug-likeness (QED) is 0.467. The van der Waals surface area contributed by atoms with Crippen molar-refractivity contribution < 1.29 is 19.5 Å². The molecule has 1 aliphatic carbocycles. The third-order valence-electron chi connectivity index (χ3n) is 7.97. The average Bonchev–Trinajstić information content (AvgIpc) is 3.64. The summed E-state index contributed by atoms with van der Waals surface area (Å²) >= 11 is 0. The number of carboxylic acid groups (broad SMARTS) is 1. The first-order chi connectivity index (χ1) is 18.4. The molecule has 3 aromatic heterocycles. The molecule has 0 aromatic carbocycles. The van der Waals surface area contributed by atoms with Crippen LogP contribution in [0.5, 0.6) is 0 Å². The zero-order valence-electron chi connectivity index (χ0n) is 21.1. The topological polar surface area (TPSA) is 146 Å². The van der Waals surface area contributed by atoms with Gasteiger partial charge in [-0.2, -0.15) is 4.98 Å². The second-order valence-corrected chi connectivity index (χ2v) is 10.2. The Morgan fingerprint density at radius 3 is 2.34 bits per heavy atom. The van der Waals surface area contributed by atoms with Crippen molar-refractivity contribution in [1.29, 1.82) is 0 Å². The van der Waals surface area contributed by atoms with Gasteiger partial charge in [0.25, 0.3) is 11.8 Å². The summed E-state index contributed by atoms with van der Waals surface area (Å²) in [6, 6.07) is 5.16. The first kappa shape index (κ1) is 24.1. The number of amides is 3. The number of fused-ring (bicyclic) bond motifs is 3. The van der Waals surface area contributed by atoms with E-state index in [1.165, 1.54) is 11.1 Å². The standard InChI is InChI=1S/C26H30N8O4/c1-27-23(35)20-10-16-12-29-25(31-22(16)34(20)17-4-2-3-5-17)30-21-9-6-15(11-28-21)24(36)32-13-18-7-8-19(14-32)33(18)26(37)38/h6,9-12,17-19H,2-5,7-8,13-14H2,1H3,(H,27,35)(H,37,38)(H,28,29,30,31). The first-order valence-corrected chi connectivity index (χ1v) is 13.1. The summed E-state index contributed by atoms with van der Waals surface area (Å²) in [5, 5.41) is 16.1. The van der Waals surface area contributed by atoms with Gasteiger partial charge >= 0.3 is 6.09 Å². The highest BCUT2D eigenvalue weighted by atomic mass is 16.4. The van der Waals surface area contributed by atoms with Crippen LogP contribution in [0.2, 0.25) is 0 Å². The van der Waals surface area contributed by atoms with Crippen LogP contribution in [0.4, 0.5) is 16.6 Å². The van der Waals surface area contributed by atoms with Crippen molar-refractivity contribution in [2.75, 3.05) is 25.5 Å². The third kappa shape index (κ3) is 4.19. The lowest BCUT2D eigenvalue weighted by molar-refractivity contribution is 0.0448.